The lowest BCUT2D eigenvalue weighted by molar-refractivity contribution is 0.0783. The molecule has 0 unspecified atom stereocenters. The van der Waals surface area contributed by atoms with Crippen molar-refractivity contribution < 1.29 is 9.59 Å². The summed E-state index contributed by atoms with van der Waals surface area (Å²) in [7, 11) is 1.78. The van der Waals surface area contributed by atoms with Crippen LogP contribution >= 0.6 is 0 Å². The molecule has 4 rings (SSSR count). The second-order valence-corrected chi connectivity index (χ2v) is 7.58. The Labute approximate surface area is 163 Å². The van der Waals surface area contributed by atoms with Crippen molar-refractivity contribution in [2.75, 3.05) is 24.6 Å². The van der Waals surface area contributed by atoms with Crippen LogP contribution < -0.4 is 16.4 Å². The van der Waals surface area contributed by atoms with Crippen molar-refractivity contribution in [2.24, 2.45) is 5.92 Å². The van der Waals surface area contributed by atoms with E-state index in [0.717, 1.165) is 24.9 Å². The maximum absolute atomic E-state index is 12.6. The number of carbonyl (C=O) groups excluding carboxylic acids is 2. The van der Waals surface area contributed by atoms with Crippen molar-refractivity contribution in [1.29, 1.82) is 0 Å². The Kier molecular flexibility index (Phi) is 4.85. The summed E-state index contributed by atoms with van der Waals surface area (Å²) in [4.78, 5) is 34.8. The molecule has 0 saturated heterocycles. The molecule has 8 heteroatoms. The first-order valence-corrected chi connectivity index (χ1v) is 9.56. The average molecular weight is 380 g/mol. The molecule has 146 valence electrons. The zero-order valence-corrected chi connectivity index (χ0v) is 15.8. The maximum atomic E-state index is 12.6. The van der Waals surface area contributed by atoms with Crippen LogP contribution in [-0.4, -0.2) is 46.4 Å². The number of nitrogens with zero attached hydrogens (tertiary/aromatic N) is 3. The number of aromatic nitrogens is 2. The third kappa shape index (κ3) is 4.57. The van der Waals surface area contributed by atoms with Crippen molar-refractivity contribution in [2.45, 2.75) is 31.7 Å². The number of anilines is 2. The van der Waals surface area contributed by atoms with Crippen molar-refractivity contribution in [3.63, 3.8) is 0 Å². The van der Waals surface area contributed by atoms with E-state index in [-0.39, 0.29) is 23.5 Å². The fourth-order valence-electron chi connectivity index (χ4n) is 2.95. The molecule has 0 spiro atoms. The fourth-order valence-corrected chi connectivity index (χ4v) is 2.95. The second kappa shape index (κ2) is 7.46. The molecule has 1 aromatic carbocycles. The minimum atomic E-state index is -0.206. The molecular weight excluding hydrogens is 356 g/mol. The zero-order chi connectivity index (χ0) is 19.7. The molecule has 0 radical (unpaired) electrons. The van der Waals surface area contributed by atoms with E-state index < -0.39 is 0 Å². The van der Waals surface area contributed by atoms with Crippen LogP contribution in [0.15, 0.2) is 30.3 Å². The molecule has 4 N–H and O–H groups in total. The van der Waals surface area contributed by atoms with Gasteiger partial charge in [-0.2, -0.15) is 0 Å². The summed E-state index contributed by atoms with van der Waals surface area (Å²) in [6.07, 6.45) is 4.42. The number of benzene rings is 1. The number of hydrogen-bond donors (Lipinski definition) is 3. The summed E-state index contributed by atoms with van der Waals surface area (Å²) in [5.74, 6) is 1.08. The highest BCUT2D eigenvalue weighted by Gasteiger charge is 2.26. The number of hydrogen-bond acceptors (Lipinski definition) is 5. The highest BCUT2D eigenvalue weighted by Crippen LogP contribution is 2.29. The molecule has 3 amide bonds. The molecule has 8 nitrogen and oxygen atoms in total. The fraction of sp³-hybridized carbons (Fsp3) is 0.400. The van der Waals surface area contributed by atoms with Crippen LogP contribution in [0.3, 0.4) is 0 Å². The van der Waals surface area contributed by atoms with Crippen molar-refractivity contribution in [3.05, 3.63) is 36.0 Å². The lowest BCUT2D eigenvalue weighted by atomic mass is 10.2. The summed E-state index contributed by atoms with van der Waals surface area (Å²) in [5.41, 5.74) is 7.59. The first kappa shape index (κ1) is 18.2. The van der Waals surface area contributed by atoms with E-state index in [1.807, 2.05) is 0 Å². The first-order valence-electron chi connectivity index (χ1n) is 9.56. The van der Waals surface area contributed by atoms with E-state index >= 15 is 0 Å². The minimum Gasteiger partial charge on any atom is -0.384 e. The first-order chi connectivity index (χ1) is 13.5. The van der Waals surface area contributed by atoms with Crippen molar-refractivity contribution in [1.82, 2.24) is 20.2 Å². The Balaban J connectivity index is 1.47. The summed E-state index contributed by atoms with van der Waals surface area (Å²) < 4.78 is 0. The van der Waals surface area contributed by atoms with Gasteiger partial charge in [0, 0.05) is 37.0 Å². The average Bonchev–Trinajstić information content (AvgIpc) is 3.58. The monoisotopic (exact) mass is 380 g/mol. The zero-order valence-electron chi connectivity index (χ0n) is 15.8. The van der Waals surface area contributed by atoms with Gasteiger partial charge in [-0.1, -0.05) is 0 Å². The molecular formula is C20H24N6O2. The quantitative estimate of drug-likeness (QED) is 0.712. The number of carbonyl (C=O) groups is 2. The number of rotatable bonds is 6. The van der Waals surface area contributed by atoms with Gasteiger partial charge in [0.05, 0.1) is 0 Å². The van der Waals surface area contributed by atoms with Crippen LogP contribution in [0.4, 0.5) is 16.3 Å². The predicted molar refractivity (Wildman–Crippen MR) is 107 cm³/mol. The Bertz CT molecular complexity index is 890. The van der Waals surface area contributed by atoms with Gasteiger partial charge in [0.25, 0.3) is 5.91 Å². The van der Waals surface area contributed by atoms with E-state index in [1.165, 1.54) is 18.9 Å². The number of urea groups is 1. The SMILES string of the molecule is CN(CC1CC1)C(=O)c1cc(N)nc(-c2ccc(NC(=O)NC3CC3)cc2)n1. The number of nitrogens with one attached hydrogen (secondary N) is 2. The lowest BCUT2D eigenvalue weighted by Gasteiger charge is -2.16. The molecule has 2 aliphatic carbocycles. The number of nitrogen functional groups attached to an aromatic ring is 1. The van der Waals surface area contributed by atoms with E-state index in [4.69, 9.17) is 5.73 Å². The van der Waals surface area contributed by atoms with Crippen molar-refractivity contribution in [3.8, 4) is 11.4 Å². The summed E-state index contributed by atoms with van der Waals surface area (Å²) in [6.45, 7) is 0.737. The highest BCUT2D eigenvalue weighted by atomic mass is 16.2. The van der Waals surface area contributed by atoms with Gasteiger partial charge in [0.1, 0.15) is 11.5 Å². The van der Waals surface area contributed by atoms with Gasteiger partial charge in [0.15, 0.2) is 5.82 Å². The van der Waals surface area contributed by atoms with Gasteiger partial charge < -0.3 is 21.3 Å². The molecule has 2 fully saturated rings. The van der Waals surface area contributed by atoms with Crippen LogP contribution in [0.25, 0.3) is 11.4 Å². The largest absolute Gasteiger partial charge is 0.384 e. The van der Waals surface area contributed by atoms with Gasteiger partial charge >= 0.3 is 6.03 Å². The molecule has 2 aromatic rings. The summed E-state index contributed by atoms with van der Waals surface area (Å²) in [5, 5.41) is 5.67. The Hall–Kier alpha value is -3.16. The molecule has 28 heavy (non-hydrogen) atoms. The van der Waals surface area contributed by atoms with Gasteiger partial charge in [-0.15, -0.1) is 0 Å². The van der Waals surface area contributed by atoms with Gasteiger partial charge in [-0.25, -0.2) is 14.8 Å². The Morgan fingerprint density at radius 2 is 1.86 bits per heavy atom. The van der Waals surface area contributed by atoms with Gasteiger partial charge in [-0.3, -0.25) is 4.79 Å². The van der Waals surface area contributed by atoms with Crippen molar-refractivity contribution >= 4 is 23.4 Å². The lowest BCUT2D eigenvalue weighted by Crippen LogP contribution is -2.30. The molecule has 0 aliphatic heterocycles. The summed E-state index contributed by atoms with van der Waals surface area (Å²) in [6, 6.07) is 8.74. The third-order valence-corrected chi connectivity index (χ3v) is 4.85. The van der Waals surface area contributed by atoms with Gasteiger partial charge in [0.2, 0.25) is 0 Å². The summed E-state index contributed by atoms with van der Waals surface area (Å²) >= 11 is 0. The van der Waals surface area contributed by atoms with E-state index in [1.54, 1.807) is 36.2 Å². The van der Waals surface area contributed by atoms with Crippen LogP contribution in [-0.2, 0) is 0 Å². The topological polar surface area (TPSA) is 113 Å². The molecule has 2 aliphatic rings. The van der Waals surface area contributed by atoms with E-state index in [9.17, 15) is 9.59 Å². The van der Waals surface area contributed by atoms with Gasteiger partial charge in [-0.05, 0) is 55.9 Å². The van der Waals surface area contributed by atoms with Crippen LogP contribution in [0.2, 0.25) is 0 Å². The van der Waals surface area contributed by atoms with Crippen LogP contribution in [0.5, 0.6) is 0 Å². The smallest absolute Gasteiger partial charge is 0.319 e. The second-order valence-electron chi connectivity index (χ2n) is 7.58. The van der Waals surface area contributed by atoms with Crippen LogP contribution in [0, 0.1) is 5.92 Å². The molecule has 0 atom stereocenters. The minimum absolute atomic E-state index is 0.155. The molecule has 0 bridgehead atoms. The molecule has 1 heterocycles. The predicted octanol–water partition coefficient (Wildman–Crippen LogP) is 2.49. The Morgan fingerprint density at radius 1 is 1.14 bits per heavy atom. The van der Waals surface area contributed by atoms with Crippen LogP contribution in [0.1, 0.15) is 36.2 Å². The van der Waals surface area contributed by atoms with E-state index in [2.05, 4.69) is 20.6 Å². The number of nitrogens with two attached hydrogens (primary N) is 1. The maximum Gasteiger partial charge on any atom is 0.319 e. The molecule has 2 saturated carbocycles. The highest BCUT2D eigenvalue weighted by molar-refractivity contribution is 5.93. The van der Waals surface area contributed by atoms with E-state index in [0.29, 0.717) is 23.5 Å². The Morgan fingerprint density at radius 3 is 2.50 bits per heavy atom. The standard InChI is InChI=1S/C20H24N6O2/c1-26(11-12-2-3-12)19(27)16-10-17(21)25-18(24-16)13-4-6-14(7-5-13)22-20(28)23-15-8-9-15/h4-7,10,12,15H,2-3,8-9,11H2,1H3,(H2,21,24,25)(H2,22,23,28). The normalized spacial score (nSPS) is 15.8. The third-order valence-electron chi connectivity index (χ3n) is 4.85. The molecule has 1 aromatic heterocycles. The number of amides is 3.